The van der Waals surface area contributed by atoms with Crippen LogP contribution in [0.25, 0.3) is 17.2 Å². The van der Waals surface area contributed by atoms with E-state index in [-0.39, 0.29) is 17.1 Å². The molecule has 0 N–H and O–H groups in total. The molecular weight excluding hydrogens is 466 g/mol. The summed E-state index contributed by atoms with van der Waals surface area (Å²) in [5, 5.41) is 4.84. The van der Waals surface area contributed by atoms with Gasteiger partial charge in [0.25, 0.3) is 0 Å². The third kappa shape index (κ3) is 5.12. The van der Waals surface area contributed by atoms with Gasteiger partial charge in [0.1, 0.15) is 22.4 Å². The van der Waals surface area contributed by atoms with Gasteiger partial charge in [-0.1, -0.05) is 17.7 Å². The molecule has 0 aliphatic heterocycles. The number of benzene rings is 1. The Hall–Kier alpha value is -3.50. The molecule has 170 valence electrons. The summed E-state index contributed by atoms with van der Waals surface area (Å²) >= 11 is 6.02. The number of nitrogens with zero attached hydrogens (tertiary/aromatic N) is 5. The van der Waals surface area contributed by atoms with Crippen LogP contribution in [-0.2, 0) is 16.3 Å². The Labute approximate surface area is 195 Å². The number of rotatable bonds is 8. The lowest BCUT2D eigenvalue weighted by molar-refractivity contribution is 0.397. The van der Waals surface area contributed by atoms with Crippen molar-refractivity contribution in [1.29, 1.82) is 0 Å². The van der Waals surface area contributed by atoms with Crippen LogP contribution >= 0.6 is 11.6 Å². The molecule has 4 rings (SSSR count). The Morgan fingerprint density at radius 1 is 0.970 bits per heavy atom. The average molecular weight is 486 g/mol. The lowest BCUT2D eigenvalue weighted by Crippen LogP contribution is -2.13. The Bertz CT molecular complexity index is 1360. The van der Waals surface area contributed by atoms with Crippen LogP contribution in [0.1, 0.15) is 5.82 Å². The van der Waals surface area contributed by atoms with Gasteiger partial charge in [0, 0.05) is 12.5 Å². The van der Waals surface area contributed by atoms with Crippen molar-refractivity contribution in [2.45, 2.75) is 11.3 Å². The molecule has 0 aliphatic carbocycles. The molecule has 1 aromatic carbocycles. The van der Waals surface area contributed by atoms with Crippen LogP contribution in [0.5, 0.6) is 11.6 Å². The first kappa shape index (κ1) is 22.7. The summed E-state index contributed by atoms with van der Waals surface area (Å²) in [6.07, 6.45) is 1.69. The first-order valence-electron chi connectivity index (χ1n) is 9.86. The Kier molecular flexibility index (Phi) is 6.57. The number of aryl methyl sites for hydroxylation is 1. The number of aromatic nitrogens is 5. The van der Waals surface area contributed by atoms with E-state index in [4.69, 9.17) is 21.1 Å². The van der Waals surface area contributed by atoms with Crippen molar-refractivity contribution in [3.05, 3.63) is 71.8 Å². The Balaban J connectivity index is 1.67. The maximum absolute atomic E-state index is 12.9. The molecule has 4 aromatic rings. The third-order valence-corrected chi connectivity index (χ3v) is 6.75. The maximum atomic E-state index is 12.9. The lowest BCUT2D eigenvalue weighted by Gasteiger charge is -2.08. The molecule has 0 unspecified atom stereocenters. The average Bonchev–Trinajstić information content (AvgIpc) is 3.27. The van der Waals surface area contributed by atoms with E-state index in [9.17, 15) is 8.42 Å². The molecule has 9 nitrogen and oxygen atoms in total. The molecule has 0 aliphatic rings. The smallest absolute Gasteiger partial charge is 0.213 e. The highest BCUT2D eigenvalue weighted by Crippen LogP contribution is 2.21. The molecule has 0 amide bonds. The minimum Gasteiger partial charge on any atom is -0.497 e. The second kappa shape index (κ2) is 9.55. The molecule has 33 heavy (non-hydrogen) atoms. The van der Waals surface area contributed by atoms with E-state index < -0.39 is 9.84 Å². The molecule has 0 fully saturated rings. The first-order valence-corrected chi connectivity index (χ1v) is 11.9. The van der Waals surface area contributed by atoms with Gasteiger partial charge in [-0.3, -0.25) is 0 Å². The van der Waals surface area contributed by atoms with Gasteiger partial charge in [-0.25, -0.2) is 28.1 Å². The van der Waals surface area contributed by atoms with Gasteiger partial charge in [-0.15, -0.1) is 5.10 Å². The molecule has 0 radical (unpaired) electrons. The highest BCUT2D eigenvalue weighted by molar-refractivity contribution is 7.91. The molecule has 11 heteroatoms. The minimum atomic E-state index is -3.56. The number of pyridine rings is 2. The zero-order valence-electron chi connectivity index (χ0n) is 17.8. The van der Waals surface area contributed by atoms with Gasteiger partial charge in [0.2, 0.25) is 11.7 Å². The van der Waals surface area contributed by atoms with Crippen LogP contribution in [-0.4, -0.2) is 53.1 Å². The summed E-state index contributed by atoms with van der Waals surface area (Å²) in [4.78, 5) is 13.2. The van der Waals surface area contributed by atoms with E-state index in [2.05, 4.69) is 20.1 Å². The zero-order valence-corrected chi connectivity index (χ0v) is 19.4. The Morgan fingerprint density at radius 3 is 2.39 bits per heavy atom. The van der Waals surface area contributed by atoms with Gasteiger partial charge >= 0.3 is 0 Å². The number of sulfone groups is 1. The monoisotopic (exact) mass is 485 g/mol. The summed E-state index contributed by atoms with van der Waals surface area (Å²) in [5.41, 5.74) is 1.08. The molecular formula is C22H20ClN5O4S. The molecule has 0 spiro atoms. The second-order valence-electron chi connectivity index (χ2n) is 6.91. The van der Waals surface area contributed by atoms with Gasteiger partial charge in [-0.05, 0) is 42.5 Å². The van der Waals surface area contributed by atoms with Crippen LogP contribution in [0.3, 0.4) is 0 Å². The molecule has 0 saturated carbocycles. The zero-order chi connectivity index (χ0) is 23.4. The van der Waals surface area contributed by atoms with Crippen molar-refractivity contribution in [2.24, 2.45) is 0 Å². The van der Waals surface area contributed by atoms with Crippen LogP contribution < -0.4 is 9.47 Å². The highest BCUT2D eigenvalue weighted by Gasteiger charge is 2.20. The lowest BCUT2D eigenvalue weighted by atomic mass is 10.3. The first-order chi connectivity index (χ1) is 15.9. The van der Waals surface area contributed by atoms with E-state index in [1.54, 1.807) is 53.3 Å². The molecule has 3 aromatic heterocycles. The van der Waals surface area contributed by atoms with Gasteiger partial charge in [-0.2, -0.15) is 0 Å². The van der Waals surface area contributed by atoms with Crippen molar-refractivity contribution in [3.63, 3.8) is 0 Å². The van der Waals surface area contributed by atoms with Crippen LogP contribution in [0.15, 0.2) is 65.7 Å². The van der Waals surface area contributed by atoms with E-state index >= 15 is 0 Å². The quantitative estimate of drug-likeness (QED) is 0.349. The number of methoxy groups -OCH3 is 2. The van der Waals surface area contributed by atoms with Gasteiger partial charge in [0.05, 0.1) is 36.8 Å². The summed E-state index contributed by atoms with van der Waals surface area (Å²) < 4.78 is 37.6. The Morgan fingerprint density at radius 2 is 1.76 bits per heavy atom. The van der Waals surface area contributed by atoms with E-state index in [1.165, 1.54) is 26.4 Å². The topological polar surface area (TPSA) is 109 Å². The van der Waals surface area contributed by atoms with Gasteiger partial charge in [0.15, 0.2) is 9.84 Å². The fourth-order valence-electron chi connectivity index (χ4n) is 3.10. The standard InChI is InChI=1S/C22H20ClN5O4S/c1-31-16-7-9-17(10-8-16)33(29,30)13-12-20-26-22(18-4-3-5-19(23)25-18)27-28(20)15-6-11-21(32-2)24-14-15/h3-11,14H,12-13H2,1-2H3. The maximum Gasteiger partial charge on any atom is 0.213 e. The molecule has 0 bridgehead atoms. The van der Waals surface area contributed by atoms with Crippen LogP contribution in [0.4, 0.5) is 0 Å². The van der Waals surface area contributed by atoms with E-state index in [0.29, 0.717) is 39.8 Å². The van der Waals surface area contributed by atoms with Gasteiger partial charge < -0.3 is 9.47 Å². The third-order valence-electron chi connectivity index (χ3n) is 4.81. The summed E-state index contributed by atoms with van der Waals surface area (Å²) in [6.45, 7) is 0. The summed E-state index contributed by atoms with van der Waals surface area (Å²) in [7, 11) is -0.516. The predicted octanol–water partition coefficient (Wildman–Crippen LogP) is 3.41. The molecule has 0 atom stereocenters. The predicted molar refractivity (Wildman–Crippen MR) is 123 cm³/mol. The second-order valence-corrected chi connectivity index (χ2v) is 9.41. The minimum absolute atomic E-state index is 0.119. The number of ether oxygens (including phenoxy) is 2. The number of hydrogen-bond acceptors (Lipinski definition) is 8. The molecule has 3 heterocycles. The van der Waals surface area contributed by atoms with Crippen molar-refractivity contribution < 1.29 is 17.9 Å². The van der Waals surface area contributed by atoms with Crippen LogP contribution in [0, 0.1) is 0 Å². The molecule has 0 saturated heterocycles. The fourth-order valence-corrected chi connectivity index (χ4v) is 4.50. The highest BCUT2D eigenvalue weighted by atomic mass is 35.5. The van der Waals surface area contributed by atoms with E-state index in [1.807, 2.05) is 0 Å². The van der Waals surface area contributed by atoms with E-state index in [0.717, 1.165) is 0 Å². The van der Waals surface area contributed by atoms with Crippen molar-refractivity contribution >= 4 is 21.4 Å². The number of halogens is 1. The van der Waals surface area contributed by atoms with Crippen molar-refractivity contribution in [1.82, 2.24) is 24.7 Å². The number of hydrogen-bond donors (Lipinski definition) is 0. The summed E-state index contributed by atoms with van der Waals surface area (Å²) in [5.74, 6) is 1.63. The van der Waals surface area contributed by atoms with Crippen molar-refractivity contribution in [3.8, 4) is 28.8 Å². The largest absolute Gasteiger partial charge is 0.497 e. The van der Waals surface area contributed by atoms with Crippen LogP contribution in [0.2, 0.25) is 5.15 Å². The normalized spacial score (nSPS) is 11.4. The summed E-state index contributed by atoms with van der Waals surface area (Å²) in [6, 6.07) is 14.8. The van der Waals surface area contributed by atoms with Crippen molar-refractivity contribution in [2.75, 3.05) is 20.0 Å². The SMILES string of the molecule is COc1ccc(S(=O)(=O)CCc2nc(-c3cccc(Cl)n3)nn2-c2ccc(OC)nc2)cc1. The fraction of sp³-hybridized carbons (Fsp3) is 0.182.